The monoisotopic (exact) mass is 277 g/mol. The van der Waals surface area contributed by atoms with Gasteiger partial charge in [0, 0.05) is 25.3 Å². The molecule has 0 aromatic heterocycles. The van der Waals surface area contributed by atoms with Gasteiger partial charge in [-0.25, -0.2) is 4.79 Å². The zero-order valence-electron chi connectivity index (χ0n) is 12.4. The smallest absolute Gasteiger partial charge is 0.407 e. The molecule has 0 bridgehead atoms. The van der Waals surface area contributed by atoms with E-state index in [2.05, 4.69) is 45.4 Å². The lowest BCUT2D eigenvalue weighted by Gasteiger charge is -2.20. The molecule has 1 aromatic carbocycles. The Kier molecular flexibility index (Phi) is 4.84. The summed E-state index contributed by atoms with van der Waals surface area (Å²) in [7, 11) is 3.35. The van der Waals surface area contributed by atoms with Gasteiger partial charge >= 0.3 is 6.09 Å². The predicted molar refractivity (Wildman–Crippen MR) is 80.1 cm³/mol. The van der Waals surface area contributed by atoms with Crippen molar-refractivity contribution in [2.45, 2.75) is 25.9 Å². The van der Waals surface area contributed by atoms with Crippen LogP contribution in [0.15, 0.2) is 18.2 Å². The van der Waals surface area contributed by atoms with E-state index in [1.165, 1.54) is 23.9 Å². The SMILES string of the molecule is CNCc1ccc(N2CCC(NC(=O)OC)C2)cc1C. The Morgan fingerprint density at radius 3 is 2.95 bits per heavy atom. The van der Waals surface area contributed by atoms with Crippen LogP contribution in [0.4, 0.5) is 10.5 Å². The van der Waals surface area contributed by atoms with Crippen LogP contribution in [0.5, 0.6) is 0 Å². The van der Waals surface area contributed by atoms with Crippen molar-refractivity contribution in [3.8, 4) is 0 Å². The third-order valence-electron chi connectivity index (χ3n) is 3.75. The van der Waals surface area contributed by atoms with Gasteiger partial charge in [0.2, 0.25) is 0 Å². The lowest BCUT2D eigenvalue weighted by molar-refractivity contribution is 0.167. The molecule has 0 saturated carbocycles. The van der Waals surface area contributed by atoms with E-state index in [1.807, 2.05) is 7.05 Å². The summed E-state index contributed by atoms with van der Waals surface area (Å²) in [5, 5.41) is 6.04. The summed E-state index contributed by atoms with van der Waals surface area (Å²) in [6.45, 7) is 4.81. The largest absolute Gasteiger partial charge is 0.453 e. The number of anilines is 1. The second-order valence-electron chi connectivity index (χ2n) is 5.21. The molecule has 1 unspecified atom stereocenters. The highest BCUT2D eigenvalue weighted by atomic mass is 16.5. The Labute approximate surface area is 120 Å². The van der Waals surface area contributed by atoms with Crippen LogP contribution in [0, 0.1) is 6.92 Å². The minimum Gasteiger partial charge on any atom is -0.453 e. The number of hydrogen-bond acceptors (Lipinski definition) is 4. The highest BCUT2D eigenvalue weighted by Crippen LogP contribution is 2.23. The number of amides is 1. The molecule has 2 N–H and O–H groups in total. The summed E-state index contributed by atoms with van der Waals surface area (Å²) in [6, 6.07) is 6.70. The molecule has 5 nitrogen and oxygen atoms in total. The lowest BCUT2D eigenvalue weighted by Crippen LogP contribution is -2.36. The van der Waals surface area contributed by atoms with Gasteiger partial charge in [0.25, 0.3) is 0 Å². The van der Waals surface area contributed by atoms with Crippen LogP contribution in [-0.4, -0.2) is 39.4 Å². The standard InChI is InChI=1S/C15H23N3O2/c1-11-8-14(5-4-12(11)9-16-2)18-7-6-13(10-18)17-15(19)20-3/h4-5,8,13,16H,6-7,9-10H2,1-3H3,(H,17,19). The van der Waals surface area contributed by atoms with E-state index in [9.17, 15) is 4.79 Å². The van der Waals surface area contributed by atoms with Crippen molar-refractivity contribution in [2.75, 3.05) is 32.1 Å². The average molecular weight is 277 g/mol. The van der Waals surface area contributed by atoms with Crippen LogP contribution in [-0.2, 0) is 11.3 Å². The van der Waals surface area contributed by atoms with Crippen molar-refractivity contribution in [1.82, 2.24) is 10.6 Å². The molecule has 20 heavy (non-hydrogen) atoms. The summed E-state index contributed by atoms with van der Waals surface area (Å²) in [6.07, 6.45) is 0.601. The lowest BCUT2D eigenvalue weighted by atomic mass is 10.1. The van der Waals surface area contributed by atoms with Crippen LogP contribution in [0.1, 0.15) is 17.5 Å². The number of ether oxygens (including phenoxy) is 1. The molecule has 1 amide bonds. The maximum absolute atomic E-state index is 11.2. The van der Waals surface area contributed by atoms with Crippen LogP contribution in [0.25, 0.3) is 0 Å². The summed E-state index contributed by atoms with van der Waals surface area (Å²) in [5.74, 6) is 0. The number of alkyl carbamates (subject to hydrolysis) is 1. The Bertz CT molecular complexity index is 476. The second-order valence-corrected chi connectivity index (χ2v) is 5.21. The molecule has 0 radical (unpaired) electrons. The van der Waals surface area contributed by atoms with E-state index in [0.717, 1.165) is 26.1 Å². The Morgan fingerprint density at radius 1 is 1.50 bits per heavy atom. The molecular formula is C15H23N3O2. The molecule has 2 rings (SSSR count). The number of nitrogens with one attached hydrogen (secondary N) is 2. The van der Waals surface area contributed by atoms with Crippen LogP contribution in [0.3, 0.4) is 0 Å². The zero-order valence-corrected chi connectivity index (χ0v) is 12.4. The number of hydrogen-bond donors (Lipinski definition) is 2. The third kappa shape index (κ3) is 3.42. The van der Waals surface area contributed by atoms with Gasteiger partial charge in [-0.3, -0.25) is 0 Å². The summed E-state index contributed by atoms with van der Waals surface area (Å²) in [5.41, 5.74) is 3.83. The zero-order chi connectivity index (χ0) is 14.5. The molecular weight excluding hydrogens is 254 g/mol. The Morgan fingerprint density at radius 2 is 2.30 bits per heavy atom. The number of benzene rings is 1. The highest BCUT2D eigenvalue weighted by molar-refractivity contribution is 5.67. The van der Waals surface area contributed by atoms with E-state index in [0.29, 0.717) is 0 Å². The molecule has 110 valence electrons. The first-order valence-electron chi connectivity index (χ1n) is 6.97. The van der Waals surface area contributed by atoms with Gasteiger partial charge in [0.1, 0.15) is 0 Å². The van der Waals surface area contributed by atoms with Gasteiger partial charge in [-0.05, 0) is 43.7 Å². The molecule has 1 aliphatic rings. The maximum Gasteiger partial charge on any atom is 0.407 e. The van der Waals surface area contributed by atoms with Gasteiger partial charge < -0.3 is 20.3 Å². The van der Waals surface area contributed by atoms with E-state index < -0.39 is 0 Å². The molecule has 1 saturated heterocycles. The molecule has 1 aromatic rings. The van der Waals surface area contributed by atoms with Gasteiger partial charge in [-0.1, -0.05) is 6.07 Å². The molecule has 1 atom stereocenters. The van der Waals surface area contributed by atoms with Gasteiger partial charge in [0.15, 0.2) is 0 Å². The first kappa shape index (κ1) is 14.7. The minimum atomic E-state index is -0.350. The predicted octanol–water partition coefficient (Wildman–Crippen LogP) is 1.65. The fraction of sp³-hybridized carbons (Fsp3) is 0.533. The molecule has 1 fully saturated rings. The van der Waals surface area contributed by atoms with E-state index in [1.54, 1.807) is 0 Å². The Balaban J connectivity index is 1.99. The number of rotatable bonds is 4. The van der Waals surface area contributed by atoms with E-state index >= 15 is 0 Å². The number of nitrogens with zero attached hydrogens (tertiary/aromatic N) is 1. The Hall–Kier alpha value is -1.75. The number of carbonyl (C=O) groups excluding carboxylic acids is 1. The first-order chi connectivity index (χ1) is 9.63. The average Bonchev–Trinajstić information content (AvgIpc) is 2.89. The van der Waals surface area contributed by atoms with Crippen molar-refractivity contribution in [3.05, 3.63) is 29.3 Å². The first-order valence-corrected chi connectivity index (χ1v) is 6.97. The van der Waals surface area contributed by atoms with Gasteiger partial charge in [-0.2, -0.15) is 0 Å². The minimum absolute atomic E-state index is 0.166. The van der Waals surface area contributed by atoms with E-state index in [-0.39, 0.29) is 12.1 Å². The fourth-order valence-electron chi connectivity index (χ4n) is 2.60. The fourth-order valence-corrected chi connectivity index (χ4v) is 2.60. The van der Waals surface area contributed by atoms with Crippen molar-refractivity contribution in [1.29, 1.82) is 0 Å². The quantitative estimate of drug-likeness (QED) is 0.878. The van der Waals surface area contributed by atoms with Gasteiger partial charge in [-0.15, -0.1) is 0 Å². The van der Waals surface area contributed by atoms with Crippen LogP contribution in [0.2, 0.25) is 0 Å². The number of carbonyl (C=O) groups is 1. The molecule has 0 aliphatic carbocycles. The summed E-state index contributed by atoms with van der Waals surface area (Å²) in [4.78, 5) is 13.5. The summed E-state index contributed by atoms with van der Waals surface area (Å²) < 4.78 is 4.64. The molecule has 1 heterocycles. The van der Waals surface area contributed by atoms with Gasteiger partial charge in [0.05, 0.1) is 13.2 Å². The second kappa shape index (κ2) is 6.61. The molecule has 0 spiro atoms. The number of aryl methyl sites for hydroxylation is 1. The normalized spacial score (nSPS) is 18.1. The van der Waals surface area contributed by atoms with Crippen molar-refractivity contribution in [3.63, 3.8) is 0 Å². The van der Waals surface area contributed by atoms with Crippen molar-refractivity contribution >= 4 is 11.8 Å². The van der Waals surface area contributed by atoms with Crippen molar-refractivity contribution in [2.24, 2.45) is 0 Å². The third-order valence-corrected chi connectivity index (χ3v) is 3.75. The summed E-state index contributed by atoms with van der Waals surface area (Å²) >= 11 is 0. The van der Waals surface area contributed by atoms with Crippen LogP contribution >= 0.6 is 0 Å². The van der Waals surface area contributed by atoms with Crippen molar-refractivity contribution < 1.29 is 9.53 Å². The maximum atomic E-state index is 11.2. The van der Waals surface area contributed by atoms with Crippen LogP contribution < -0.4 is 15.5 Å². The molecule has 1 aliphatic heterocycles. The molecule has 5 heteroatoms. The topological polar surface area (TPSA) is 53.6 Å². The highest BCUT2D eigenvalue weighted by Gasteiger charge is 2.24. The van der Waals surface area contributed by atoms with E-state index in [4.69, 9.17) is 0 Å². The number of methoxy groups -OCH3 is 1.